The number of anilines is 1. The molecule has 2 amide bonds. The number of likely N-dealkylation sites (N-methyl/N-ethyl adjacent to an activating group) is 1. The first-order valence-corrected chi connectivity index (χ1v) is 8.99. The van der Waals surface area contributed by atoms with Gasteiger partial charge in [0.25, 0.3) is 0 Å². The first-order valence-electron chi connectivity index (χ1n) is 8.99. The van der Waals surface area contributed by atoms with Gasteiger partial charge in [0.15, 0.2) is 0 Å². The molecule has 27 heavy (non-hydrogen) atoms. The Morgan fingerprint density at radius 3 is 2.37 bits per heavy atom. The minimum Gasteiger partial charge on any atom is -0.348 e. The highest BCUT2D eigenvalue weighted by Crippen LogP contribution is 2.13. The summed E-state index contributed by atoms with van der Waals surface area (Å²) >= 11 is 0. The molecule has 5 nitrogen and oxygen atoms in total. The van der Waals surface area contributed by atoms with Crippen LogP contribution >= 0.6 is 0 Å². The van der Waals surface area contributed by atoms with Crippen LogP contribution in [0.15, 0.2) is 48.5 Å². The molecule has 0 radical (unpaired) electrons. The van der Waals surface area contributed by atoms with Crippen LogP contribution < -0.4 is 10.6 Å². The molecule has 0 saturated heterocycles. The molecule has 0 aliphatic rings. The van der Waals surface area contributed by atoms with Crippen LogP contribution in [0.2, 0.25) is 0 Å². The van der Waals surface area contributed by atoms with Gasteiger partial charge >= 0.3 is 0 Å². The van der Waals surface area contributed by atoms with E-state index in [0.717, 1.165) is 12.0 Å². The largest absolute Gasteiger partial charge is 0.348 e. The highest BCUT2D eigenvalue weighted by Gasteiger charge is 2.14. The van der Waals surface area contributed by atoms with Gasteiger partial charge in [-0.15, -0.1) is 0 Å². The summed E-state index contributed by atoms with van der Waals surface area (Å²) in [5.41, 5.74) is 2.68. The van der Waals surface area contributed by atoms with Crippen LogP contribution in [-0.4, -0.2) is 36.9 Å². The molecule has 2 N–H and O–H groups in total. The maximum Gasteiger partial charge on any atom is 0.238 e. The lowest BCUT2D eigenvalue weighted by Crippen LogP contribution is -2.39. The molecule has 2 aromatic carbocycles. The molecule has 0 spiro atoms. The smallest absolute Gasteiger partial charge is 0.238 e. The fourth-order valence-corrected chi connectivity index (χ4v) is 2.73. The number of halogens is 1. The topological polar surface area (TPSA) is 61.4 Å². The number of benzene rings is 2. The van der Waals surface area contributed by atoms with Crippen molar-refractivity contribution in [2.45, 2.75) is 26.3 Å². The molecule has 0 bridgehead atoms. The van der Waals surface area contributed by atoms with Crippen molar-refractivity contribution in [2.24, 2.45) is 0 Å². The summed E-state index contributed by atoms with van der Waals surface area (Å²) in [6, 6.07) is 13.7. The second-order valence-corrected chi connectivity index (χ2v) is 6.62. The maximum absolute atomic E-state index is 13.1. The number of hydrogen-bond acceptors (Lipinski definition) is 3. The third kappa shape index (κ3) is 6.83. The lowest BCUT2D eigenvalue weighted by molar-refractivity contribution is -0.123. The number of nitrogens with one attached hydrogen (secondary N) is 2. The fourth-order valence-electron chi connectivity index (χ4n) is 2.73. The van der Waals surface area contributed by atoms with Crippen LogP contribution in [0.3, 0.4) is 0 Å². The number of aryl methyl sites for hydroxylation is 1. The standard InChI is InChI=1S/C21H26FN3O2/c1-4-16-8-10-17(11-9-16)15(2)23-20(26)13-25(3)14-21(27)24-19-7-5-6-18(22)12-19/h5-12,15H,4,13-14H2,1-3H3,(H,23,26)(H,24,27)/t15-/m1/s1. The minimum absolute atomic E-state index is 0.0313. The molecule has 2 rings (SSSR count). The van der Waals surface area contributed by atoms with Crippen molar-refractivity contribution in [1.82, 2.24) is 10.2 Å². The fraction of sp³-hybridized carbons (Fsp3) is 0.333. The molecule has 144 valence electrons. The van der Waals surface area contributed by atoms with Gasteiger partial charge in [-0.3, -0.25) is 14.5 Å². The Bertz CT molecular complexity index is 777. The number of rotatable bonds is 8. The Kier molecular flexibility index (Phi) is 7.49. The SMILES string of the molecule is CCc1ccc([C@@H](C)NC(=O)CN(C)CC(=O)Nc2cccc(F)c2)cc1. The molecule has 0 unspecified atom stereocenters. The van der Waals surface area contributed by atoms with Gasteiger partial charge in [0.2, 0.25) is 11.8 Å². The van der Waals surface area contributed by atoms with Gasteiger partial charge in [-0.2, -0.15) is 0 Å². The van der Waals surface area contributed by atoms with Crippen LogP contribution in [-0.2, 0) is 16.0 Å². The highest BCUT2D eigenvalue weighted by atomic mass is 19.1. The van der Waals surface area contributed by atoms with E-state index in [0.29, 0.717) is 5.69 Å². The summed E-state index contributed by atoms with van der Waals surface area (Å²) in [5, 5.41) is 5.55. The summed E-state index contributed by atoms with van der Waals surface area (Å²) in [6.07, 6.45) is 0.976. The van der Waals surface area contributed by atoms with E-state index >= 15 is 0 Å². The third-order valence-electron chi connectivity index (χ3n) is 4.20. The molecule has 0 heterocycles. The molecular weight excluding hydrogens is 345 g/mol. The van der Waals surface area contributed by atoms with E-state index in [1.54, 1.807) is 18.0 Å². The van der Waals surface area contributed by atoms with Crippen LogP contribution in [0.25, 0.3) is 0 Å². The molecule has 6 heteroatoms. The average Bonchev–Trinajstić information content (AvgIpc) is 2.61. The second-order valence-electron chi connectivity index (χ2n) is 6.62. The van der Waals surface area contributed by atoms with Gasteiger partial charge in [-0.1, -0.05) is 37.3 Å². The number of nitrogens with zero attached hydrogens (tertiary/aromatic N) is 1. The van der Waals surface area contributed by atoms with Crippen molar-refractivity contribution >= 4 is 17.5 Å². The Morgan fingerprint density at radius 1 is 1.07 bits per heavy atom. The second kappa shape index (κ2) is 9.83. The van der Waals surface area contributed by atoms with Gasteiger partial charge in [-0.05, 0) is 49.7 Å². The van der Waals surface area contributed by atoms with Gasteiger partial charge in [0, 0.05) is 5.69 Å². The Morgan fingerprint density at radius 2 is 1.74 bits per heavy atom. The van der Waals surface area contributed by atoms with Crippen LogP contribution in [0.1, 0.15) is 31.0 Å². The van der Waals surface area contributed by atoms with E-state index in [1.165, 1.54) is 23.8 Å². The monoisotopic (exact) mass is 371 g/mol. The lowest BCUT2D eigenvalue weighted by atomic mass is 10.1. The zero-order valence-electron chi connectivity index (χ0n) is 16.0. The molecule has 0 aliphatic carbocycles. The normalized spacial score (nSPS) is 11.9. The predicted molar refractivity (Wildman–Crippen MR) is 105 cm³/mol. The third-order valence-corrected chi connectivity index (χ3v) is 4.20. The summed E-state index contributed by atoms with van der Waals surface area (Å²) in [7, 11) is 1.69. The highest BCUT2D eigenvalue weighted by molar-refractivity contribution is 5.92. The Balaban J connectivity index is 1.79. The molecule has 2 aromatic rings. The molecule has 0 saturated carbocycles. The van der Waals surface area contributed by atoms with E-state index in [2.05, 4.69) is 29.7 Å². The number of amides is 2. The van der Waals surface area contributed by atoms with Gasteiger partial charge in [0.1, 0.15) is 5.82 Å². The average molecular weight is 371 g/mol. The van der Waals surface area contributed by atoms with Crippen molar-refractivity contribution in [1.29, 1.82) is 0 Å². The van der Waals surface area contributed by atoms with Crippen molar-refractivity contribution in [3.8, 4) is 0 Å². The van der Waals surface area contributed by atoms with Crippen molar-refractivity contribution < 1.29 is 14.0 Å². The van der Waals surface area contributed by atoms with Crippen molar-refractivity contribution in [2.75, 3.05) is 25.5 Å². The first kappa shape index (κ1) is 20.6. The molecule has 1 atom stereocenters. The van der Waals surface area contributed by atoms with Gasteiger partial charge in [0.05, 0.1) is 19.1 Å². The molecule has 0 aromatic heterocycles. The zero-order chi connectivity index (χ0) is 19.8. The van der Waals surface area contributed by atoms with Crippen LogP contribution in [0.4, 0.5) is 10.1 Å². The van der Waals surface area contributed by atoms with E-state index in [1.807, 2.05) is 19.1 Å². The van der Waals surface area contributed by atoms with Crippen molar-refractivity contribution in [3.63, 3.8) is 0 Å². The quantitative estimate of drug-likeness (QED) is 0.749. The Labute approximate surface area is 159 Å². The predicted octanol–water partition coefficient (Wildman–Crippen LogP) is 3.14. The van der Waals surface area contributed by atoms with Gasteiger partial charge < -0.3 is 10.6 Å². The molecule has 0 fully saturated rings. The van der Waals surface area contributed by atoms with Crippen LogP contribution in [0, 0.1) is 5.82 Å². The van der Waals surface area contributed by atoms with Crippen molar-refractivity contribution in [3.05, 3.63) is 65.5 Å². The zero-order valence-corrected chi connectivity index (χ0v) is 16.0. The van der Waals surface area contributed by atoms with E-state index in [9.17, 15) is 14.0 Å². The first-order chi connectivity index (χ1) is 12.9. The summed E-state index contributed by atoms with van der Waals surface area (Å²) in [6.45, 7) is 4.15. The molecule has 0 aliphatic heterocycles. The number of hydrogen-bond donors (Lipinski definition) is 2. The Hall–Kier alpha value is -2.73. The maximum atomic E-state index is 13.1. The van der Waals surface area contributed by atoms with E-state index in [-0.39, 0.29) is 30.9 Å². The minimum atomic E-state index is -0.415. The lowest BCUT2D eigenvalue weighted by Gasteiger charge is -2.19. The van der Waals surface area contributed by atoms with E-state index in [4.69, 9.17) is 0 Å². The number of carbonyl (C=O) groups excluding carboxylic acids is 2. The van der Waals surface area contributed by atoms with Gasteiger partial charge in [-0.25, -0.2) is 4.39 Å². The molecular formula is C21H26FN3O2. The summed E-state index contributed by atoms with van der Waals surface area (Å²) in [4.78, 5) is 25.8. The van der Waals surface area contributed by atoms with E-state index < -0.39 is 5.82 Å². The summed E-state index contributed by atoms with van der Waals surface area (Å²) < 4.78 is 13.1. The summed E-state index contributed by atoms with van der Waals surface area (Å²) in [5.74, 6) is -0.885. The van der Waals surface area contributed by atoms with Crippen LogP contribution in [0.5, 0.6) is 0 Å². The number of carbonyl (C=O) groups is 2.